The molecule has 0 amide bonds. The van der Waals surface area contributed by atoms with E-state index < -0.39 is 0 Å². The zero-order valence-corrected chi connectivity index (χ0v) is 12.0. The topological polar surface area (TPSA) is 51.4 Å². The molecule has 0 aliphatic carbocycles. The molecule has 4 nitrogen and oxygen atoms in total. The summed E-state index contributed by atoms with van der Waals surface area (Å²) in [7, 11) is 1.64. The highest BCUT2D eigenvalue weighted by atomic mass is 16.5. The summed E-state index contributed by atoms with van der Waals surface area (Å²) in [6, 6.07) is 4.28. The van der Waals surface area contributed by atoms with Crippen molar-refractivity contribution in [3.8, 4) is 5.88 Å². The highest BCUT2D eigenvalue weighted by molar-refractivity contribution is 5.21. The number of likely N-dealkylation sites (tertiary alicyclic amines) is 1. The number of rotatable bonds is 5. The lowest BCUT2D eigenvalue weighted by molar-refractivity contribution is 0.124. The SMILES string of the molecule is CCC1CCCN(C(CN)c2ccc(OC)nc2)C1. The average Bonchev–Trinajstić information content (AvgIpc) is 2.49. The molecule has 106 valence electrons. The van der Waals surface area contributed by atoms with Gasteiger partial charge in [-0.05, 0) is 30.9 Å². The second-order valence-electron chi connectivity index (χ2n) is 5.30. The van der Waals surface area contributed by atoms with Crippen molar-refractivity contribution in [1.29, 1.82) is 0 Å². The molecule has 1 fully saturated rings. The van der Waals surface area contributed by atoms with Gasteiger partial charge in [-0.15, -0.1) is 0 Å². The van der Waals surface area contributed by atoms with Gasteiger partial charge in [0.25, 0.3) is 0 Å². The zero-order chi connectivity index (χ0) is 13.7. The van der Waals surface area contributed by atoms with Crippen LogP contribution in [0.5, 0.6) is 5.88 Å². The van der Waals surface area contributed by atoms with E-state index in [-0.39, 0.29) is 6.04 Å². The number of nitrogens with two attached hydrogens (primary N) is 1. The molecule has 0 bridgehead atoms. The van der Waals surface area contributed by atoms with Gasteiger partial charge in [0, 0.05) is 31.4 Å². The summed E-state index contributed by atoms with van der Waals surface area (Å²) in [4.78, 5) is 6.81. The number of nitrogens with zero attached hydrogens (tertiary/aromatic N) is 2. The molecule has 2 N–H and O–H groups in total. The molecule has 1 aromatic rings. The molecule has 4 heteroatoms. The number of hydrogen-bond acceptors (Lipinski definition) is 4. The lowest BCUT2D eigenvalue weighted by Gasteiger charge is -2.37. The smallest absolute Gasteiger partial charge is 0.212 e. The van der Waals surface area contributed by atoms with Crippen LogP contribution in [0.1, 0.15) is 37.8 Å². The van der Waals surface area contributed by atoms with Gasteiger partial charge in [-0.3, -0.25) is 4.90 Å². The summed E-state index contributed by atoms with van der Waals surface area (Å²) in [5.41, 5.74) is 7.19. The van der Waals surface area contributed by atoms with E-state index in [0.717, 1.165) is 19.0 Å². The Morgan fingerprint density at radius 3 is 2.95 bits per heavy atom. The second kappa shape index (κ2) is 6.87. The molecule has 1 aromatic heterocycles. The Morgan fingerprint density at radius 2 is 2.37 bits per heavy atom. The van der Waals surface area contributed by atoms with Crippen molar-refractivity contribution in [2.75, 3.05) is 26.7 Å². The van der Waals surface area contributed by atoms with Gasteiger partial charge in [0.2, 0.25) is 5.88 Å². The minimum atomic E-state index is 0.285. The molecule has 19 heavy (non-hydrogen) atoms. The molecule has 2 heterocycles. The first-order chi connectivity index (χ1) is 9.28. The number of methoxy groups -OCH3 is 1. The van der Waals surface area contributed by atoms with E-state index in [0.29, 0.717) is 12.4 Å². The van der Waals surface area contributed by atoms with Gasteiger partial charge in [-0.1, -0.05) is 19.4 Å². The van der Waals surface area contributed by atoms with Gasteiger partial charge >= 0.3 is 0 Å². The molecular weight excluding hydrogens is 238 g/mol. The van der Waals surface area contributed by atoms with Crippen LogP contribution < -0.4 is 10.5 Å². The normalized spacial score (nSPS) is 22.2. The molecular formula is C15H25N3O. The molecule has 0 aromatic carbocycles. The van der Waals surface area contributed by atoms with Crippen LogP contribution in [0, 0.1) is 5.92 Å². The third kappa shape index (κ3) is 3.45. The fraction of sp³-hybridized carbons (Fsp3) is 0.667. The van der Waals surface area contributed by atoms with Crippen molar-refractivity contribution < 1.29 is 4.74 Å². The van der Waals surface area contributed by atoms with Crippen LogP contribution in [0.25, 0.3) is 0 Å². The maximum absolute atomic E-state index is 5.99. The van der Waals surface area contributed by atoms with Gasteiger partial charge in [0.1, 0.15) is 0 Å². The average molecular weight is 263 g/mol. The first kappa shape index (κ1) is 14.3. The molecule has 0 radical (unpaired) electrons. The van der Waals surface area contributed by atoms with E-state index >= 15 is 0 Å². The van der Waals surface area contributed by atoms with Crippen molar-refractivity contribution in [2.24, 2.45) is 11.7 Å². The number of piperidine rings is 1. The van der Waals surface area contributed by atoms with Crippen LogP contribution in [0.3, 0.4) is 0 Å². The Morgan fingerprint density at radius 1 is 1.53 bits per heavy atom. The standard InChI is InChI=1S/C15H25N3O/c1-3-12-5-4-8-18(11-12)14(9-16)13-6-7-15(19-2)17-10-13/h6-7,10,12,14H,3-5,8-9,11,16H2,1-2H3. The first-order valence-corrected chi connectivity index (χ1v) is 7.22. The molecule has 2 unspecified atom stereocenters. The van der Waals surface area contributed by atoms with E-state index in [1.165, 1.54) is 24.8 Å². The van der Waals surface area contributed by atoms with Gasteiger partial charge in [0.05, 0.1) is 7.11 Å². The van der Waals surface area contributed by atoms with Crippen molar-refractivity contribution in [3.63, 3.8) is 0 Å². The first-order valence-electron chi connectivity index (χ1n) is 7.22. The van der Waals surface area contributed by atoms with Crippen LogP contribution in [0.2, 0.25) is 0 Å². The number of pyridine rings is 1. The summed E-state index contributed by atoms with van der Waals surface area (Å²) in [5.74, 6) is 1.47. The zero-order valence-electron chi connectivity index (χ0n) is 12.0. The van der Waals surface area contributed by atoms with E-state index in [1.54, 1.807) is 7.11 Å². The monoisotopic (exact) mass is 263 g/mol. The maximum Gasteiger partial charge on any atom is 0.212 e. The summed E-state index contributed by atoms with van der Waals surface area (Å²) in [6.45, 7) is 5.22. The van der Waals surface area contributed by atoms with Gasteiger partial charge in [-0.2, -0.15) is 0 Å². The minimum Gasteiger partial charge on any atom is -0.481 e. The summed E-state index contributed by atoms with van der Waals surface area (Å²) in [6.07, 6.45) is 5.78. The molecule has 1 aliphatic heterocycles. The predicted octanol–water partition coefficient (Wildman–Crippen LogP) is 2.21. The quantitative estimate of drug-likeness (QED) is 0.885. The molecule has 2 rings (SSSR count). The highest BCUT2D eigenvalue weighted by Crippen LogP contribution is 2.27. The Balaban J connectivity index is 2.09. The third-order valence-electron chi connectivity index (χ3n) is 4.14. The van der Waals surface area contributed by atoms with Crippen LogP contribution in [-0.4, -0.2) is 36.6 Å². The van der Waals surface area contributed by atoms with Gasteiger partial charge < -0.3 is 10.5 Å². The Bertz CT molecular complexity index is 379. The summed E-state index contributed by atoms with van der Waals surface area (Å²) in [5, 5.41) is 0. The molecule has 1 aliphatic rings. The predicted molar refractivity (Wildman–Crippen MR) is 77.2 cm³/mol. The number of ether oxygens (including phenoxy) is 1. The lowest BCUT2D eigenvalue weighted by atomic mass is 9.93. The third-order valence-corrected chi connectivity index (χ3v) is 4.14. The van der Waals surface area contributed by atoms with Crippen molar-refractivity contribution in [3.05, 3.63) is 23.9 Å². The van der Waals surface area contributed by atoms with Crippen LogP contribution >= 0.6 is 0 Å². The van der Waals surface area contributed by atoms with Crippen LogP contribution in [0.4, 0.5) is 0 Å². The van der Waals surface area contributed by atoms with Crippen molar-refractivity contribution in [1.82, 2.24) is 9.88 Å². The molecule has 0 spiro atoms. The van der Waals surface area contributed by atoms with Gasteiger partial charge in [0.15, 0.2) is 0 Å². The van der Waals surface area contributed by atoms with Crippen molar-refractivity contribution in [2.45, 2.75) is 32.2 Å². The largest absolute Gasteiger partial charge is 0.481 e. The number of aromatic nitrogens is 1. The fourth-order valence-corrected chi connectivity index (χ4v) is 2.92. The second-order valence-corrected chi connectivity index (χ2v) is 5.30. The number of hydrogen-bond donors (Lipinski definition) is 1. The molecule has 0 saturated carbocycles. The Hall–Kier alpha value is -1.13. The summed E-state index contributed by atoms with van der Waals surface area (Å²) >= 11 is 0. The minimum absolute atomic E-state index is 0.285. The lowest BCUT2D eigenvalue weighted by Crippen LogP contribution is -2.41. The Kier molecular flexibility index (Phi) is 5.16. The van der Waals surface area contributed by atoms with E-state index in [1.807, 2.05) is 12.3 Å². The van der Waals surface area contributed by atoms with Crippen LogP contribution in [-0.2, 0) is 0 Å². The Labute approximate surface area is 116 Å². The fourth-order valence-electron chi connectivity index (χ4n) is 2.92. The van der Waals surface area contributed by atoms with Crippen LogP contribution in [0.15, 0.2) is 18.3 Å². The van der Waals surface area contributed by atoms with Crippen molar-refractivity contribution >= 4 is 0 Å². The highest BCUT2D eigenvalue weighted by Gasteiger charge is 2.25. The van der Waals surface area contributed by atoms with E-state index in [2.05, 4.69) is 22.9 Å². The summed E-state index contributed by atoms with van der Waals surface area (Å²) < 4.78 is 5.11. The van der Waals surface area contributed by atoms with E-state index in [9.17, 15) is 0 Å². The molecule has 1 saturated heterocycles. The van der Waals surface area contributed by atoms with E-state index in [4.69, 9.17) is 10.5 Å². The maximum atomic E-state index is 5.99. The molecule has 2 atom stereocenters. The van der Waals surface area contributed by atoms with Gasteiger partial charge in [-0.25, -0.2) is 4.98 Å².